The molecule has 13 heteroatoms. The van der Waals surface area contributed by atoms with Gasteiger partial charge in [-0.15, -0.1) is 33.7 Å². The third-order valence-corrected chi connectivity index (χ3v) is 8.65. The third-order valence-electron chi connectivity index (χ3n) is 6.07. The van der Waals surface area contributed by atoms with E-state index in [4.69, 9.17) is 0 Å². The fourth-order valence-corrected chi connectivity index (χ4v) is 6.74. The van der Waals surface area contributed by atoms with Crippen molar-refractivity contribution in [3.05, 3.63) is 66.2 Å². The monoisotopic (exact) mass is 524 g/mol. The molecule has 0 radical (unpaired) electrons. The van der Waals surface area contributed by atoms with Gasteiger partial charge in [0.05, 0.1) is 5.75 Å². The summed E-state index contributed by atoms with van der Waals surface area (Å²) in [6, 6.07) is 10.6. The highest BCUT2D eigenvalue weighted by atomic mass is 32.2. The van der Waals surface area contributed by atoms with Gasteiger partial charge in [0.1, 0.15) is 23.5 Å². The average molecular weight is 525 g/mol. The molecule has 3 aromatic rings. The zero-order valence-electron chi connectivity index (χ0n) is 19.5. The number of amides is 3. The summed E-state index contributed by atoms with van der Waals surface area (Å²) in [5.74, 6) is -0.379. The van der Waals surface area contributed by atoms with Crippen molar-refractivity contribution in [1.29, 1.82) is 0 Å². The van der Waals surface area contributed by atoms with E-state index in [-0.39, 0.29) is 33.7 Å². The topological polar surface area (TPSA) is 146 Å². The van der Waals surface area contributed by atoms with Crippen LogP contribution in [0.2, 0.25) is 0 Å². The van der Waals surface area contributed by atoms with Gasteiger partial charge in [0.15, 0.2) is 5.82 Å². The van der Waals surface area contributed by atoms with Crippen LogP contribution in [-0.2, 0) is 14.4 Å². The van der Waals surface area contributed by atoms with Crippen LogP contribution in [0.3, 0.4) is 0 Å². The number of β-lactam (4-membered cyclic amide) rings is 1. The maximum absolute atomic E-state index is 13.4. The molecule has 4 heterocycles. The fourth-order valence-electron chi connectivity index (χ4n) is 4.42. The summed E-state index contributed by atoms with van der Waals surface area (Å²) in [5, 5.41) is 19.7. The van der Waals surface area contributed by atoms with E-state index in [0.717, 1.165) is 4.90 Å². The second-order valence-corrected chi connectivity index (χ2v) is 11.7. The highest BCUT2D eigenvalue weighted by molar-refractivity contribution is 8.01. The van der Waals surface area contributed by atoms with Crippen molar-refractivity contribution in [1.82, 2.24) is 41.1 Å². The minimum absolute atomic E-state index is 0.135. The number of fused-ring (bicyclic) bond motifs is 1. The van der Waals surface area contributed by atoms with E-state index in [1.807, 2.05) is 32.0 Å². The summed E-state index contributed by atoms with van der Waals surface area (Å²) in [7, 11) is 0. The lowest BCUT2D eigenvalue weighted by Gasteiger charge is -2.44. The number of benzene rings is 1. The smallest absolute Gasteiger partial charge is 0.249 e. The molecular weight excluding hydrogens is 500 g/mol. The van der Waals surface area contributed by atoms with Gasteiger partial charge < -0.3 is 15.5 Å². The predicted molar refractivity (Wildman–Crippen MR) is 133 cm³/mol. The van der Waals surface area contributed by atoms with E-state index < -0.39 is 18.0 Å². The number of nitrogens with zero attached hydrogens (tertiary/aromatic N) is 5. The molecule has 4 atom stereocenters. The first-order valence-electron chi connectivity index (χ1n) is 11.3. The SMILES string of the molecule is CC1(C)S[C@H]2C(NC(=O)C(NC(=O)CSc3ccncc3)c3ccccc3)C(=O)N2C1c1nn[nH]n1. The molecular formula is C23H24N8O3S2. The first kappa shape index (κ1) is 24.3. The Balaban J connectivity index is 1.28. The lowest BCUT2D eigenvalue weighted by molar-refractivity contribution is -0.152. The quantitative estimate of drug-likeness (QED) is 0.294. The average Bonchev–Trinajstić information content (AvgIpc) is 3.49. The lowest BCUT2D eigenvalue weighted by atomic mass is 9.95. The Morgan fingerprint density at radius 3 is 2.64 bits per heavy atom. The van der Waals surface area contributed by atoms with Crippen molar-refractivity contribution in [3.63, 3.8) is 0 Å². The Labute approximate surface area is 215 Å². The van der Waals surface area contributed by atoms with Crippen molar-refractivity contribution in [2.24, 2.45) is 0 Å². The van der Waals surface area contributed by atoms with Gasteiger partial charge in [-0.05, 0) is 31.5 Å². The van der Waals surface area contributed by atoms with E-state index >= 15 is 0 Å². The Bertz CT molecular complexity index is 1240. The molecule has 186 valence electrons. The molecule has 0 aliphatic carbocycles. The van der Waals surface area contributed by atoms with Gasteiger partial charge in [0, 0.05) is 22.0 Å². The second kappa shape index (κ2) is 9.90. The van der Waals surface area contributed by atoms with E-state index in [1.165, 1.54) is 11.8 Å². The van der Waals surface area contributed by atoms with Crippen LogP contribution in [0.4, 0.5) is 0 Å². The van der Waals surface area contributed by atoms with Crippen molar-refractivity contribution < 1.29 is 14.4 Å². The van der Waals surface area contributed by atoms with E-state index in [9.17, 15) is 14.4 Å². The number of carbonyl (C=O) groups excluding carboxylic acids is 3. The molecule has 0 bridgehead atoms. The number of rotatable bonds is 8. The molecule has 3 N–H and O–H groups in total. The van der Waals surface area contributed by atoms with Crippen molar-refractivity contribution in [2.75, 3.05) is 5.75 Å². The van der Waals surface area contributed by atoms with E-state index in [2.05, 4.69) is 36.2 Å². The zero-order valence-corrected chi connectivity index (χ0v) is 21.1. The minimum Gasteiger partial charge on any atom is -0.340 e. The normalized spacial score (nSPS) is 22.9. The minimum atomic E-state index is -0.939. The molecule has 1 aromatic carbocycles. The van der Waals surface area contributed by atoms with Crippen molar-refractivity contribution in [3.8, 4) is 0 Å². The summed E-state index contributed by atoms with van der Waals surface area (Å²) in [5.41, 5.74) is 0.630. The molecule has 36 heavy (non-hydrogen) atoms. The summed E-state index contributed by atoms with van der Waals surface area (Å²) in [6.45, 7) is 4.02. The number of pyridine rings is 1. The summed E-state index contributed by atoms with van der Waals surface area (Å²) in [4.78, 5) is 45.8. The van der Waals surface area contributed by atoms with Gasteiger partial charge in [0.25, 0.3) is 0 Å². The number of aromatic nitrogens is 5. The second-order valence-electron chi connectivity index (χ2n) is 8.90. The molecule has 2 fully saturated rings. The Hall–Kier alpha value is -3.45. The predicted octanol–water partition coefficient (Wildman–Crippen LogP) is 1.46. The van der Waals surface area contributed by atoms with E-state index in [0.29, 0.717) is 11.4 Å². The molecule has 2 aliphatic heterocycles. The lowest BCUT2D eigenvalue weighted by Crippen LogP contribution is -2.68. The summed E-state index contributed by atoms with van der Waals surface area (Å²) in [6.07, 6.45) is 3.32. The maximum Gasteiger partial charge on any atom is 0.249 e. The molecule has 3 amide bonds. The van der Waals surface area contributed by atoms with Gasteiger partial charge in [-0.25, -0.2) is 0 Å². The first-order chi connectivity index (χ1) is 17.3. The fraction of sp³-hybridized carbons (Fsp3) is 0.348. The maximum atomic E-state index is 13.4. The Kier molecular flexibility index (Phi) is 6.67. The van der Waals surface area contributed by atoms with Gasteiger partial charge in [-0.2, -0.15) is 5.21 Å². The highest BCUT2D eigenvalue weighted by Crippen LogP contribution is 2.56. The standard InChI is InChI=1S/C23H24N8O3S2/c1-23(2)18(19-27-29-30-28-19)31-21(34)17(22(31)36-23)26-20(33)16(13-6-4-3-5-7-13)25-15(32)12-35-14-8-10-24-11-9-14/h3-11,16-18,22H,12H2,1-2H3,(H,25,32)(H,26,33)(H,27,28,29,30)/t16?,17?,18?,22-/m0/s1. The van der Waals surface area contributed by atoms with Crippen LogP contribution in [-0.4, -0.2) is 70.1 Å². The van der Waals surface area contributed by atoms with Gasteiger partial charge in [-0.3, -0.25) is 19.4 Å². The number of hydrogen-bond donors (Lipinski definition) is 3. The number of tetrazole rings is 1. The molecule has 2 aromatic heterocycles. The summed E-state index contributed by atoms with van der Waals surface area (Å²) >= 11 is 2.93. The number of carbonyl (C=O) groups is 3. The molecule has 2 saturated heterocycles. The van der Waals surface area contributed by atoms with Gasteiger partial charge in [0.2, 0.25) is 17.7 Å². The number of aromatic amines is 1. The largest absolute Gasteiger partial charge is 0.340 e. The molecule has 2 aliphatic rings. The number of hydrogen-bond acceptors (Lipinski definition) is 9. The first-order valence-corrected chi connectivity index (χ1v) is 13.1. The van der Waals surface area contributed by atoms with Crippen LogP contribution in [0.25, 0.3) is 0 Å². The van der Waals surface area contributed by atoms with Crippen LogP contribution in [0.1, 0.15) is 37.3 Å². The number of thioether (sulfide) groups is 2. The number of nitrogens with one attached hydrogen (secondary N) is 3. The molecule has 3 unspecified atom stereocenters. The van der Waals surface area contributed by atoms with Crippen molar-refractivity contribution in [2.45, 2.75) is 47.0 Å². The van der Waals surface area contributed by atoms with E-state index in [1.54, 1.807) is 53.3 Å². The Morgan fingerprint density at radius 1 is 1.19 bits per heavy atom. The Morgan fingerprint density at radius 2 is 1.94 bits per heavy atom. The van der Waals surface area contributed by atoms with Gasteiger partial charge >= 0.3 is 0 Å². The van der Waals surface area contributed by atoms with Crippen LogP contribution < -0.4 is 10.6 Å². The van der Waals surface area contributed by atoms with Crippen LogP contribution in [0, 0.1) is 0 Å². The third kappa shape index (κ3) is 4.67. The number of H-pyrrole nitrogens is 1. The van der Waals surface area contributed by atoms with Crippen LogP contribution in [0.5, 0.6) is 0 Å². The van der Waals surface area contributed by atoms with Crippen LogP contribution in [0.15, 0.2) is 59.8 Å². The molecule has 11 nitrogen and oxygen atoms in total. The molecule has 0 saturated carbocycles. The van der Waals surface area contributed by atoms with Crippen molar-refractivity contribution >= 4 is 41.2 Å². The van der Waals surface area contributed by atoms with Crippen LogP contribution >= 0.6 is 23.5 Å². The molecule has 5 rings (SSSR count). The van der Waals surface area contributed by atoms with Gasteiger partial charge in [-0.1, -0.05) is 35.5 Å². The molecule has 0 spiro atoms. The zero-order chi connectivity index (χ0) is 25.3. The highest BCUT2D eigenvalue weighted by Gasteiger charge is 2.63. The summed E-state index contributed by atoms with van der Waals surface area (Å²) < 4.78 is -0.374.